The molecule has 134 valence electrons. The minimum atomic E-state index is -0.397. The summed E-state index contributed by atoms with van der Waals surface area (Å²) in [6.45, 7) is 13.3. The summed E-state index contributed by atoms with van der Waals surface area (Å²) in [7, 11) is 0. The average Bonchev–Trinajstić information content (AvgIpc) is 2.90. The number of nitrogens with one attached hydrogen (secondary N) is 1. The Morgan fingerprint density at radius 3 is 2.57 bits per heavy atom. The van der Waals surface area contributed by atoms with Crippen LogP contribution >= 0.6 is 0 Å². The Hall–Kier alpha value is -0.770. The van der Waals surface area contributed by atoms with Crippen LogP contribution in [0.3, 0.4) is 0 Å². The summed E-state index contributed by atoms with van der Waals surface area (Å²) in [4.78, 5) is 14.0. The van der Waals surface area contributed by atoms with Gasteiger partial charge in [-0.05, 0) is 77.2 Å². The fourth-order valence-electron chi connectivity index (χ4n) is 3.79. The Labute approximate surface area is 142 Å². The highest BCUT2D eigenvalue weighted by Crippen LogP contribution is 2.29. The first-order valence-electron chi connectivity index (χ1n) is 9.46. The molecule has 1 aliphatic carbocycles. The van der Waals surface area contributed by atoms with Gasteiger partial charge in [0.15, 0.2) is 0 Å². The van der Waals surface area contributed by atoms with Gasteiger partial charge in [-0.2, -0.15) is 0 Å². The Kier molecular flexibility index (Phi) is 6.35. The third-order valence-corrected chi connectivity index (χ3v) is 5.52. The van der Waals surface area contributed by atoms with Gasteiger partial charge in [-0.15, -0.1) is 0 Å². The molecule has 0 aromatic heterocycles. The van der Waals surface area contributed by atoms with Crippen LogP contribution in [-0.4, -0.2) is 42.3 Å². The zero-order chi connectivity index (χ0) is 17.0. The number of hydrogen-bond donors (Lipinski definition) is 1. The molecule has 2 fully saturated rings. The van der Waals surface area contributed by atoms with Crippen LogP contribution in [0.1, 0.15) is 66.7 Å². The van der Waals surface area contributed by atoms with E-state index in [1.54, 1.807) is 0 Å². The molecule has 1 saturated carbocycles. The maximum absolute atomic E-state index is 12.1. The van der Waals surface area contributed by atoms with Gasteiger partial charge in [0.25, 0.3) is 0 Å². The highest BCUT2D eigenvalue weighted by Gasteiger charge is 2.30. The van der Waals surface area contributed by atoms with Gasteiger partial charge < -0.3 is 15.0 Å². The molecule has 2 aliphatic rings. The number of amides is 1. The Morgan fingerprint density at radius 2 is 1.91 bits per heavy atom. The Bertz CT molecular complexity index is 391. The SMILES string of the molecule is CC1CCC(NCCC2CCN(C(=O)OC(C)(C)C)C2)CC1C. The summed E-state index contributed by atoms with van der Waals surface area (Å²) in [5.74, 6) is 2.34. The van der Waals surface area contributed by atoms with Crippen LogP contribution in [0.15, 0.2) is 0 Å². The molecule has 23 heavy (non-hydrogen) atoms. The molecule has 1 heterocycles. The van der Waals surface area contributed by atoms with E-state index in [4.69, 9.17) is 4.74 Å². The van der Waals surface area contributed by atoms with Gasteiger partial charge >= 0.3 is 6.09 Å². The van der Waals surface area contributed by atoms with Crippen LogP contribution < -0.4 is 5.32 Å². The number of carbonyl (C=O) groups is 1. The number of nitrogens with zero attached hydrogens (tertiary/aromatic N) is 1. The molecule has 1 saturated heterocycles. The van der Waals surface area contributed by atoms with E-state index in [0.717, 1.165) is 37.9 Å². The van der Waals surface area contributed by atoms with Crippen molar-refractivity contribution in [2.45, 2.75) is 78.4 Å². The van der Waals surface area contributed by atoms with Crippen molar-refractivity contribution in [3.8, 4) is 0 Å². The van der Waals surface area contributed by atoms with E-state index in [1.165, 1.54) is 25.7 Å². The minimum Gasteiger partial charge on any atom is -0.444 e. The Morgan fingerprint density at radius 1 is 1.17 bits per heavy atom. The molecule has 0 spiro atoms. The predicted octanol–water partition coefficient (Wildman–Crippen LogP) is 4.05. The molecular weight excluding hydrogens is 288 g/mol. The number of ether oxygens (including phenoxy) is 1. The molecule has 4 heteroatoms. The zero-order valence-electron chi connectivity index (χ0n) is 15.7. The molecule has 0 aromatic rings. The van der Waals surface area contributed by atoms with Crippen LogP contribution in [0.4, 0.5) is 4.79 Å². The largest absolute Gasteiger partial charge is 0.444 e. The lowest BCUT2D eigenvalue weighted by Gasteiger charge is -2.32. The van der Waals surface area contributed by atoms with Crippen LogP contribution in [-0.2, 0) is 4.74 Å². The first kappa shape index (κ1) is 18.6. The van der Waals surface area contributed by atoms with Crippen molar-refractivity contribution in [3.63, 3.8) is 0 Å². The van der Waals surface area contributed by atoms with E-state index >= 15 is 0 Å². The summed E-state index contributed by atoms with van der Waals surface area (Å²) in [6, 6.07) is 0.699. The monoisotopic (exact) mass is 324 g/mol. The van der Waals surface area contributed by atoms with Gasteiger partial charge in [-0.25, -0.2) is 4.79 Å². The Balaban J connectivity index is 1.63. The molecule has 1 N–H and O–H groups in total. The van der Waals surface area contributed by atoms with E-state index < -0.39 is 5.60 Å². The lowest BCUT2D eigenvalue weighted by atomic mass is 9.79. The number of hydrogen-bond acceptors (Lipinski definition) is 3. The molecule has 2 rings (SSSR count). The summed E-state index contributed by atoms with van der Waals surface area (Å²) < 4.78 is 5.46. The molecule has 1 amide bonds. The fourth-order valence-corrected chi connectivity index (χ4v) is 3.79. The third-order valence-electron chi connectivity index (χ3n) is 5.52. The van der Waals surface area contributed by atoms with Crippen LogP contribution in [0.5, 0.6) is 0 Å². The van der Waals surface area contributed by atoms with Gasteiger partial charge in [0, 0.05) is 19.1 Å². The first-order valence-corrected chi connectivity index (χ1v) is 9.46. The normalized spacial score (nSPS) is 32.1. The topological polar surface area (TPSA) is 41.6 Å². The van der Waals surface area contributed by atoms with Crippen molar-refractivity contribution in [2.24, 2.45) is 17.8 Å². The van der Waals surface area contributed by atoms with Crippen molar-refractivity contribution >= 4 is 6.09 Å². The van der Waals surface area contributed by atoms with Gasteiger partial charge in [0.05, 0.1) is 0 Å². The lowest BCUT2D eigenvalue weighted by molar-refractivity contribution is 0.0287. The maximum Gasteiger partial charge on any atom is 0.410 e. The van der Waals surface area contributed by atoms with Gasteiger partial charge in [0.2, 0.25) is 0 Å². The van der Waals surface area contributed by atoms with E-state index in [0.29, 0.717) is 12.0 Å². The second-order valence-electron chi connectivity index (χ2n) is 8.79. The third kappa shape index (κ3) is 5.98. The van der Waals surface area contributed by atoms with Crippen molar-refractivity contribution in [1.29, 1.82) is 0 Å². The van der Waals surface area contributed by atoms with Gasteiger partial charge in [-0.3, -0.25) is 0 Å². The summed E-state index contributed by atoms with van der Waals surface area (Å²) in [6.07, 6.45) is 6.12. The van der Waals surface area contributed by atoms with E-state index in [1.807, 2.05) is 25.7 Å². The predicted molar refractivity (Wildman–Crippen MR) is 94.5 cm³/mol. The highest BCUT2D eigenvalue weighted by atomic mass is 16.6. The molecule has 0 aromatic carbocycles. The van der Waals surface area contributed by atoms with Crippen molar-refractivity contribution in [3.05, 3.63) is 0 Å². The smallest absolute Gasteiger partial charge is 0.410 e. The summed E-state index contributed by atoms with van der Waals surface area (Å²) in [5.41, 5.74) is -0.397. The van der Waals surface area contributed by atoms with E-state index in [9.17, 15) is 4.79 Å². The highest BCUT2D eigenvalue weighted by molar-refractivity contribution is 5.68. The summed E-state index contributed by atoms with van der Waals surface area (Å²) >= 11 is 0. The van der Waals surface area contributed by atoms with Gasteiger partial charge in [0.1, 0.15) is 5.60 Å². The second-order valence-corrected chi connectivity index (χ2v) is 8.79. The minimum absolute atomic E-state index is 0.150. The summed E-state index contributed by atoms with van der Waals surface area (Å²) in [5, 5.41) is 3.75. The van der Waals surface area contributed by atoms with Crippen LogP contribution in [0.25, 0.3) is 0 Å². The first-order chi connectivity index (χ1) is 10.7. The average molecular weight is 325 g/mol. The molecule has 4 unspecified atom stereocenters. The lowest BCUT2D eigenvalue weighted by Crippen LogP contribution is -2.37. The molecule has 0 radical (unpaired) electrons. The van der Waals surface area contributed by atoms with E-state index in [-0.39, 0.29) is 6.09 Å². The molecular formula is C19H36N2O2. The van der Waals surface area contributed by atoms with Crippen LogP contribution in [0, 0.1) is 17.8 Å². The van der Waals surface area contributed by atoms with Gasteiger partial charge in [-0.1, -0.05) is 13.8 Å². The number of carbonyl (C=O) groups excluding carboxylic acids is 1. The zero-order valence-corrected chi connectivity index (χ0v) is 15.7. The van der Waals surface area contributed by atoms with Crippen molar-refractivity contribution in [1.82, 2.24) is 10.2 Å². The molecule has 0 bridgehead atoms. The second kappa shape index (κ2) is 7.87. The van der Waals surface area contributed by atoms with Crippen molar-refractivity contribution < 1.29 is 9.53 Å². The van der Waals surface area contributed by atoms with E-state index in [2.05, 4.69) is 19.2 Å². The molecule has 4 nitrogen and oxygen atoms in total. The number of likely N-dealkylation sites (tertiary alicyclic amines) is 1. The standard InChI is InChI=1S/C19H36N2O2/c1-14-6-7-17(12-15(14)2)20-10-8-16-9-11-21(13-16)18(22)23-19(3,4)5/h14-17,20H,6-13H2,1-5H3. The molecule has 1 aliphatic heterocycles. The maximum atomic E-state index is 12.1. The van der Waals surface area contributed by atoms with Crippen molar-refractivity contribution in [2.75, 3.05) is 19.6 Å². The molecule has 4 atom stereocenters. The fraction of sp³-hybridized carbons (Fsp3) is 0.947. The number of rotatable bonds is 4. The van der Waals surface area contributed by atoms with Crippen LogP contribution in [0.2, 0.25) is 0 Å². The quantitative estimate of drug-likeness (QED) is 0.848.